The molecule has 1 saturated carbocycles. The lowest BCUT2D eigenvalue weighted by Gasteiger charge is -2.17. The molecular weight excluding hydrogens is 269 g/mol. The maximum atomic E-state index is 12.1. The first-order chi connectivity index (χ1) is 9.48. The number of alkyl halides is 3. The standard InChI is InChI=1S/C13H23F3N4/c1-17-12(18-6-5-13(14,15)16)19-8-10-4-7-20(9-10)11-2-3-11/h10-11H,2-9H2,1H3,(H2,17,18,19). The summed E-state index contributed by atoms with van der Waals surface area (Å²) >= 11 is 0. The van der Waals surface area contributed by atoms with Crippen molar-refractivity contribution in [1.82, 2.24) is 15.5 Å². The number of halogens is 3. The van der Waals surface area contributed by atoms with Gasteiger partial charge in [-0.15, -0.1) is 0 Å². The maximum absolute atomic E-state index is 12.1. The molecule has 1 aliphatic carbocycles. The highest BCUT2D eigenvalue weighted by atomic mass is 19.4. The van der Waals surface area contributed by atoms with E-state index in [0.717, 1.165) is 32.1 Å². The number of rotatable bonds is 5. The van der Waals surface area contributed by atoms with E-state index in [4.69, 9.17) is 0 Å². The predicted molar refractivity (Wildman–Crippen MR) is 72.7 cm³/mol. The molecule has 2 fully saturated rings. The Morgan fingerprint density at radius 3 is 2.60 bits per heavy atom. The van der Waals surface area contributed by atoms with Crippen LogP contribution in [0.3, 0.4) is 0 Å². The quantitative estimate of drug-likeness (QED) is 0.597. The van der Waals surface area contributed by atoms with E-state index in [2.05, 4.69) is 20.5 Å². The molecule has 1 unspecified atom stereocenters. The molecule has 0 amide bonds. The summed E-state index contributed by atoms with van der Waals surface area (Å²) in [7, 11) is 1.58. The van der Waals surface area contributed by atoms with Crippen LogP contribution in [0, 0.1) is 5.92 Å². The van der Waals surface area contributed by atoms with Gasteiger partial charge in [0, 0.05) is 32.7 Å². The predicted octanol–water partition coefficient (Wildman–Crippen LogP) is 1.59. The zero-order valence-corrected chi connectivity index (χ0v) is 11.8. The molecule has 0 aromatic carbocycles. The van der Waals surface area contributed by atoms with Crippen LogP contribution in [-0.2, 0) is 0 Å². The number of hydrogen-bond donors (Lipinski definition) is 2. The minimum atomic E-state index is -4.12. The third-order valence-electron chi connectivity index (χ3n) is 3.86. The molecule has 20 heavy (non-hydrogen) atoms. The van der Waals surface area contributed by atoms with Crippen molar-refractivity contribution in [2.75, 3.05) is 33.2 Å². The van der Waals surface area contributed by atoms with E-state index in [9.17, 15) is 13.2 Å². The smallest absolute Gasteiger partial charge is 0.356 e. The fourth-order valence-corrected chi connectivity index (χ4v) is 2.58. The first-order valence-electron chi connectivity index (χ1n) is 7.23. The van der Waals surface area contributed by atoms with Gasteiger partial charge in [-0.25, -0.2) is 0 Å². The Labute approximate surface area is 117 Å². The van der Waals surface area contributed by atoms with Crippen molar-refractivity contribution in [3.8, 4) is 0 Å². The molecule has 0 spiro atoms. The van der Waals surface area contributed by atoms with Crippen LogP contribution >= 0.6 is 0 Å². The fraction of sp³-hybridized carbons (Fsp3) is 0.923. The summed E-state index contributed by atoms with van der Waals surface area (Å²) in [6.07, 6.45) is -1.17. The van der Waals surface area contributed by atoms with Gasteiger partial charge in [-0.1, -0.05) is 0 Å². The van der Waals surface area contributed by atoms with Crippen LogP contribution in [0.4, 0.5) is 13.2 Å². The Morgan fingerprint density at radius 1 is 1.25 bits per heavy atom. The van der Waals surface area contributed by atoms with Crippen LogP contribution in [0.1, 0.15) is 25.7 Å². The van der Waals surface area contributed by atoms with E-state index in [-0.39, 0.29) is 6.54 Å². The van der Waals surface area contributed by atoms with Gasteiger partial charge in [0.1, 0.15) is 0 Å². The lowest BCUT2D eigenvalue weighted by molar-refractivity contribution is -0.132. The molecule has 0 aromatic heterocycles. The molecule has 1 aliphatic heterocycles. The molecule has 116 valence electrons. The Morgan fingerprint density at radius 2 is 2.00 bits per heavy atom. The molecule has 0 radical (unpaired) electrons. The van der Waals surface area contributed by atoms with Gasteiger partial charge in [0.25, 0.3) is 0 Å². The molecular formula is C13H23F3N4. The number of guanidine groups is 1. The average molecular weight is 292 g/mol. The SMILES string of the molecule is CN=C(NCCC(F)(F)F)NCC1CCN(C2CC2)C1. The molecule has 1 saturated heterocycles. The van der Waals surface area contributed by atoms with Gasteiger partial charge in [0.15, 0.2) is 5.96 Å². The molecule has 0 bridgehead atoms. The van der Waals surface area contributed by atoms with Gasteiger partial charge in [0.2, 0.25) is 0 Å². The summed E-state index contributed by atoms with van der Waals surface area (Å²) in [6, 6.07) is 0.796. The van der Waals surface area contributed by atoms with Gasteiger partial charge >= 0.3 is 6.18 Å². The second-order valence-electron chi connectivity index (χ2n) is 5.63. The van der Waals surface area contributed by atoms with E-state index in [0.29, 0.717) is 11.9 Å². The van der Waals surface area contributed by atoms with Gasteiger partial charge in [-0.2, -0.15) is 13.2 Å². The van der Waals surface area contributed by atoms with Gasteiger partial charge in [0.05, 0.1) is 6.42 Å². The van der Waals surface area contributed by atoms with Crippen LogP contribution in [0.15, 0.2) is 4.99 Å². The summed E-state index contributed by atoms with van der Waals surface area (Å²) in [5.74, 6) is 1.02. The normalized spacial score (nSPS) is 25.0. The van der Waals surface area contributed by atoms with Crippen LogP contribution < -0.4 is 10.6 Å². The van der Waals surface area contributed by atoms with Crippen LogP contribution in [0.2, 0.25) is 0 Å². The van der Waals surface area contributed by atoms with Crippen molar-refractivity contribution in [3.63, 3.8) is 0 Å². The lowest BCUT2D eigenvalue weighted by atomic mass is 10.1. The summed E-state index contributed by atoms with van der Waals surface area (Å²) in [5, 5.41) is 5.82. The number of nitrogens with zero attached hydrogens (tertiary/aromatic N) is 2. The highest BCUT2D eigenvalue weighted by Crippen LogP contribution is 2.31. The Kier molecular flexibility index (Phi) is 5.12. The molecule has 2 rings (SSSR count). The zero-order valence-electron chi connectivity index (χ0n) is 11.8. The van der Waals surface area contributed by atoms with Crippen molar-refractivity contribution in [2.24, 2.45) is 10.9 Å². The Hall–Kier alpha value is -0.980. The number of aliphatic imine (C=N–C) groups is 1. The van der Waals surface area contributed by atoms with Crippen molar-refractivity contribution in [1.29, 1.82) is 0 Å². The van der Waals surface area contributed by atoms with Crippen molar-refractivity contribution < 1.29 is 13.2 Å². The highest BCUT2D eigenvalue weighted by molar-refractivity contribution is 5.79. The van der Waals surface area contributed by atoms with E-state index in [1.807, 2.05) is 0 Å². The first-order valence-corrected chi connectivity index (χ1v) is 7.23. The molecule has 2 N–H and O–H groups in total. The second-order valence-corrected chi connectivity index (χ2v) is 5.63. The van der Waals surface area contributed by atoms with Crippen molar-refractivity contribution >= 4 is 5.96 Å². The van der Waals surface area contributed by atoms with E-state index in [1.54, 1.807) is 7.05 Å². The average Bonchev–Trinajstić information content (AvgIpc) is 3.12. The summed E-state index contributed by atoms with van der Waals surface area (Å²) in [6.45, 7) is 2.88. The number of likely N-dealkylation sites (tertiary alicyclic amines) is 1. The minimum absolute atomic E-state index is 0.137. The first kappa shape index (κ1) is 15.4. The summed E-state index contributed by atoms with van der Waals surface area (Å²) < 4.78 is 36.2. The number of hydrogen-bond acceptors (Lipinski definition) is 2. The van der Waals surface area contributed by atoms with Gasteiger partial charge in [-0.05, 0) is 31.7 Å². The highest BCUT2D eigenvalue weighted by Gasteiger charge is 2.34. The van der Waals surface area contributed by atoms with Crippen LogP contribution in [0.25, 0.3) is 0 Å². The summed E-state index contributed by atoms with van der Waals surface area (Å²) in [4.78, 5) is 6.47. The third-order valence-corrected chi connectivity index (χ3v) is 3.86. The molecule has 1 heterocycles. The third kappa shape index (κ3) is 5.19. The Balaban J connectivity index is 1.61. The lowest BCUT2D eigenvalue weighted by Crippen LogP contribution is -2.41. The van der Waals surface area contributed by atoms with Crippen LogP contribution in [0.5, 0.6) is 0 Å². The molecule has 0 aromatic rings. The monoisotopic (exact) mass is 292 g/mol. The van der Waals surface area contributed by atoms with Crippen LogP contribution in [-0.4, -0.2) is 56.3 Å². The van der Waals surface area contributed by atoms with E-state index < -0.39 is 12.6 Å². The minimum Gasteiger partial charge on any atom is -0.356 e. The maximum Gasteiger partial charge on any atom is 0.390 e. The number of nitrogens with one attached hydrogen (secondary N) is 2. The fourth-order valence-electron chi connectivity index (χ4n) is 2.58. The second kappa shape index (κ2) is 6.65. The van der Waals surface area contributed by atoms with Crippen molar-refractivity contribution in [2.45, 2.75) is 37.9 Å². The van der Waals surface area contributed by atoms with Crippen molar-refractivity contribution in [3.05, 3.63) is 0 Å². The van der Waals surface area contributed by atoms with Gasteiger partial charge < -0.3 is 15.5 Å². The van der Waals surface area contributed by atoms with Gasteiger partial charge in [-0.3, -0.25) is 4.99 Å². The molecule has 7 heteroatoms. The summed E-state index contributed by atoms with van der Waals surface area (Å²) in [5.41, 5.74) is 0. The molecule has 1 atom stereocenters. The van der Waals surface area contributed by atoms with E-state index >= 15 is 0 Å². The van der Waals surface area contributed by atoms with E-state index in [1.165, 1.54) is 12.8 Å². The largest absolute Gasteiger partial charge is 0.390 e. The Bertz CT molecular complexity index is 339. The molecule has 2 aliphatic rings. The zero-order chi connectivity index (χ0) is 14.6. The topological polar surface area (TPSA) is 39.7 Å². The molecule has 4 nitrogen and oxygen atoms in total.